The smallest absolute Gasteiger partial charge is 0.314 e. The van der Waals surface area contributed by atoms with Crippen molar-refractivity contribution in [2.75, 3.05) is 26.6 Å². The molecule has 0 radical (unpaired) electrons. The Morgan fingerprint density at radius 3 is 2.26 bits per heavy atom. The molecule has 204 valence electrons. The topological polar surface area (TPSA) is 100 Å². The van der Waals surface area contributed by atoms with E-state index in [0.29, 0.717) is 40.4 Å². The van der Waals surface area contributed by atoms with Crippen LogP contribution in [0.5, 0.6) is 11.5 Å². The number of hydrogen-bond donors (Lipinski definition) is 4. The molecule has 4 N–H and O–H groups in total. The Kier molecular flexibility index (Phi) is 8.98. The molecule has 0 spiro atoms. The summed E-state index contributed by atoms with van der Waals surface area (Å²) in [4.78, 5) is 11.8. The lowest BCUT2D eigenvalue weighted by Crippen LogP contribution is -2.40. The van der Waals surface area contributed by atoms with E-state index >= 15 is 0 Å². The van der Waals surface area contributed by atoms with Crippen LogP contribution < -0.4 is 25.4 Å². The molecule has 0 saturated heterocycles. The fourth-order valence-electron chi connectivity index (χ4n) is 4.29. The van der Waals surface area contributed by atoms with Gasteiger partial charge in [-0.15, -0.1) is 0 Å². The third-order valence-electron chi connectivity index (χ3n) is 6.28. The lowest BCUT2D eigenvalue weighted by atomic mass is 9.93. The van der Waals surface area contributed by atoms with Gasteiger partial charge in [0.25, 0.3) is 5.92 Å². The largest absolute Gasteiger partial charge is 0.493 e. The van der Waals surface area contributed by atoms with Crippen molar-refractivity contribution in [1.29, 1.82) is 5.41 Å². The minimum Gasteiger partial charge on any atom is -0.493 e. The number of nitrogens with one attached hydrogen (secondary N) is 4. The van der Waals surface area contributed by atoms with Crippen LogP contribution in [0, 0.1) is 5.41 Å². The Balaban J connectivity index is 1.91. The van der Waals surface area contributed by atoms with Crippen molar-refractivity contribution in [1.82, 2.24) is 15.2 Å². The van der Waals surface area contributed by atoms with E-state index in [-0.39, 0.29) is 17.8 Å². The second-order valence-corrected chi connectivity index (χ2v) is 9.22. The van der Waals surface area contributed by atoms with E-state index in [1.165, 1.54) is 14.2 Å². The molecule has 0 saturated carbocycles. The Labute approximate surface area is 221 Å². The van der Waals surface area contributed by atoms with E-state index in [9.17, 15) is 13.6 Å². The van der Waals surface area contributed by atoms with Crippen molar-refractivity contribution in [2.45, 2.75) is 38.3 Å². The molecule has 10 heteroatoms. The second-order valence-electron chi connectivity index (χ2n) is 9.22. The summed E-state index contributed by atoms with van der Waals surface area (Å²) in [7, 11) is 6.33. The van der Waals surface area contributed by atoms with Gasteiger partial charge in [0.15, 0.2) is 11.5 Å². The Morgan fingerprint density at radius 2 is 1.74 bits per heavy atom. The van der Waals surface area contributed by atoms with Gasteiger partial charge in [-0.05, 0) is 55.3 Å². The van der Waals surface area contributed by atoms with Gasteiger partial charge in [-0.25, -0.2) is 13.6 Å². The van der Waals surface area contributed by atoms with Gasteiger partial charge in [0, 0.05) is 55.8 Å². The minimum absolute atomic E-state index is 0.222. The number of rotatable bonds is 11. The highest BCUT2D eigenvalue weighted by Gasteiger charge is 2.37. The summed E-state index contributed by atoms with van der Waals surface area (Å²) in [6, 6.07) is 12.0. The number of benzene rings is 2. The Morgan fingerprint density at radius 1 is 1.11 bits per heavy atom. The molecule has 8 nitrogen and oxygen atoms in total. The molecule has 1 heterocycles. The summed E-state index contributed by atoms with van der Waals surface area (Å²) in [5.74, 6) is -2.03. The van der Waals surface area contributed by atoms with Crippen molar-refractivity contribution in [3.8, 4) is 11.5 Å². The molecule has 2 amide bonds. The zero-order valence-corrected chi connectivity index (χ0v) is 22.5. The van der Waals surface area contributed by atoms with Crippen molar-refractivity contribution in [3.05, 3.63) is 77.1 Å². The number of aromatic nitrogens is 1. The van der Waals surface area contributed by atoms with Crippen LogP contribution >= 0.6 is 0 Å². The van der Waals surface area contributed by atoms with Gasteiger partial charge >= 0.3 is 6.03 Å². The number of hydrogen-bond acceptors (Lipinski definition) is 5. The molecule has 1 aromatic heterocycles. The van der Waals surface area contributed by atoms with E-state index in [2.05, 4.69) is 16.0 Å². The highest BCUT2D eigenvalue weighted by atomic mass is 19.3. The third-order valence-corrected chi connectivity index (χ3v) is 6.28. The van der Waals surface area contributed by atoms with Crippen LogP contribution in [-0.2, 0) is 13.5 Å². The number of anilines is 1. The Hall–Kier alpha value is -4.08. The number of amides is 2. The molecule has 2 unspecified atom stereocenters. The first-order valence-electron chi connectivity index (χ1n) is 12.2. The summed E-state index contributed by atoms with van der Waals surface area (Å²) in [5, 5.41) is 17.3. The number of halogens is 2. The Bertz CT molecular complexity index is 1270. The van der Waals surface area contributed by atoms with Crippen LogP contribution in [0.4, 0.5) is 19.3 Å². The minimum atomic E-state index is -3.01. The number of methoxy groups -OCH3 is 2. The maximum Gasteiger partial charge on any atom is 0.314 e. The van der Waals surface area contributed by atoms with Crippen molar-refractivity contribution >= 4 is 17.4 Å². The van der Waals surface area contributed by atoms with Crippen LogP contribution in [0.1, 0.15) is 42.3 Å². The van der Waals surface area contributed by atoms with E-state index in [0.717, 1.165) is 12.5 Å². The number of carbonyl (C=O) groups is 1. The molecule has 0 fully saturated rings. The lowest BCUT2D eigenvalue weighted by molar-refractivity contribution is -0.00120. The lowest BCUT2D eigenvalue weighted by Gasteiger charge is -2.26. The summed E-state index contributed by atoms with van der Waals surface area (Å²) >= 11 is 0. The van der Waals surface area contributed by atoms with Crippen molar-refractivity contribution in [2.24, 2.45) is 7.05 Å². The van der Waals surface area contributed by atoms with Crippen LogP contribution in [-0.4, -0.2) is 49.5 Å². The van der Waals surface area contributed by atoms with Gasteiger partial charge in [-0.3, -0.25) is 5.41 Å². The number of ether oxygens (including phenoxy) is 2. The van der Waals surface area contributed by atoms with Gasteiger partial charge in [-0.2, -0.15) is 0 Å². The van der Waals surface area contributed by atoms with Gasteiger partial charge in [0.05, 0.1) is 19.9 Å². The summed E-state index contributed by atoms with van der Waals surface area (Å²) in [5.41, 5.74) is 3.17. The normalized spacial score (nSPS) is 12.8. The van der Waals surface area contributed by atoms with E-state index in [1.54, 1.807) is 73.4 Å². The van der Waals surface area contributed by atoms with Crippen LogP contribution in [0.3, 0.4) is 0 Å². The zero-order valence-electron chi connectivity index (χ0n) is 22.5. The van der Waals surface area contributed by atoms with Gasteiger partial charge < -0.3 is 30.0 Å². The van der Waals surface area contributed by atoms with E-state index < -0.39 is 12.0 Å². The maximum atomic E-state index is 14.5. The number of carbonyl (C=O) groups excluding carboxylic acids is 1. The molecular formula is C28H35F2N5O3. The van der Waals surface area contributed by atoms with Crippen molar-refractivity contribution < 1.29 is 23.0 Å². The van der Waals surface area contributed by atoms with Crippen LogP contribution in [0.25, 0.3) is 0 Å². The first-order valence-corrected chi connectivity index (χ1v) is 12.2. The van der Waals surface area contributed by atoms with Gasteiger partial charge in [-0.1, -0.05) is 12.1 Å². The fraction of sp³-hybridized carbons (Fsp3) is 0.357. The molecule has 38 heavy (non-hydrogen) atoms. The first-order chi connectivity index (χ1) is 18.0. The predicted octanol–water partition coefficient (Wildman–Crippen LogP) is 5.13. The predicted molar refractivity (Wildman–Crippen MR) is 145 cm³/mol. The molecule has 0 aliphatic heterocycles. The molecule has 3 aromatic rings. The average molecular weight is 528 g/mol. The highest BCUT2D eigenvalue weighted by Crippen LogP contribution is 2.35. The molecule has 3 rings (SSSR count). The third kappa shape index (κ3) is 6.62. The highest BCUT2D eigenvalue weighted by molar-refractivity contribution is 6.12. The zero-order chi connectivity index (χ0) is 28.0. The first kappa shape index (κ1) is 28.5. The molecule has 0 aliphatic rings. The van der Waals surface area contributed by atoms with E-state index in [1.807, 2.05) is 6.92 Å². The van der Waals surface area contributed by atoms with Gasteiger partial charge in [0.2, 0.25) is 0 Å². The number of nitrogens with zero attached hydrogens (tertiary/aromatic N) is 1. The number of urea groups is 1. The standard InChI is InChI=1S/C28H35F2N5O3/c1-17(33-27(36)32-3)14-19-15-23(37-5)24(38-6)16-21(19)25(31)18-9-11-20(12-10-18)34-26(28(2,29)30)22-8-7-13-35(22)4/h7-13,15-17,26,31,34H,14H2,1-6H3,(H2,32,33,36). The van der Waals surface area contributed by atoms with E-state index in [4.69, 9.17) is 14.9 Å². The quantitative estimate of drug-likeness (QED) is 0.260. The second kappa shape index (κ2) is 12.0. The summed E-state index contributed by atoms with van der Waals surface area (Å²) < 4.78 is 41.5. The van der Waals surface area contributed by atoms with Crippen LogP contribution in [0.15, 0.2) is 54.7 Å². The molecular weight excluding hydrogens is 492 g/mol. The molecule has 0 aliphatic carbocycles. The molecule has 2 atom stereocenters. The van der Waals surface area contributed by atoms with Gasteiger partial charge in [0.1, 0.15) is 6.04 Å². The number of alkyl halides is 2. The monoisotopic (exact) mass is 527 g/mol. The average Bonchev–Trinajstić information content (AvgIpc) is 3.31. The SMILES string of the molecule is CNC(=O)NC(C)Cc1cc(OC)c(OC)cc1C(=N)c1ccc(NC(c2cccn2C)C(C)(F)F)cc1. The summed E-state index contributed by atoms with van der Waals surface area (Å²) in [6.45, 7) is 2.76. The number of aryl methyl sites for hydroxylation is 1. The maximum absolute atomic E-state index is 14.5. The fourth-order valence-corrected chi connectivity index (χ4v) is 4.29. The van der Waals surface area contributed by atoms with Crippen molar-refractivity contribution in [3.63, 3.8) is 0 Å². The molecule has 2 aromatic carbocycles. The summed E-state index contributed by atoms with van der Waals surface area (Å²) in [6.07, 6.45) is 2.17. The molecule has 0 bridgehead atoms. The van der Waals surface area contributed by atoms with Crippen LogP contribution in [0.2, 0.25) is 0 Å².